The molecule has 7 nitrogen and oxygen atoms in total. The molecule has 0 bridgehead atoms. The number of aromatic nitrogens is 2. The van der Waals surface area contributed by atoms with E-state index in [1.165, 1.54) is 0 Å². The van der Waals surface area contributed by atoms with E-state index < -0.39 is 5.54 Å². The quantitative estimate of drug-likeness (QED) is 0.773. The molecule has 1 aromatic heterocycles. The Kier molecular flexibility index (Phi) is 3.94. The molecule has 1 spiro atoms. The molecule has 0 aliphatic carbocycles. The minimum atomic E-state index is -0.652. The monoisotopic (exact) mass is 353 g/mol. The lowest BCUT2D eigenvalue weighted by molar-refractivity contribution is -0.122. The van der Waals surface area contributed by atoms with Gasteiger partial charge in [0.15, 0.2) is 5.69 Å². The number of aromatic amines is 1. The average Bonchev–Trinajstić information content (AvgIpc) is 3.03. The Hall–Kier alpha value is -2.83. The number of nitrogens with one attached hydrogen (secondary N) is 3. The summed E-state index contributed by atoms with van der Waals surface area (Å²) in [6, 6.07) is 7.70. The van der Waals surface area contributed by atoms with Crippen LogP contribution in [0.25, 0.3) is 0 Å². The predicted molar refractivity (Wildman–Crippen MR) is 99.3 cm³/mol. The van der Waals surface area contributed by atoms with Crippen molar-refractivity contribution in [2.24, 2.45) is 0 Å². The number of piperidine rings is 1. The maximum absolute atomic E-state index is 12.8. The van der Waals surface area contributed by atoms with E-state index in [4.69, 9.17) is 0 Å². The minimum absolute atomic E-state index is 0.0208. The lowest BCUT2D eigenvalue weighted by Crippen LogP contribution is -2.59. The van der Waals surface area contributed by atoms with Gasteiger partial charge in [0, 0.05) is 24.3 Å². The topological polar surface area (TPSA) is 90.1 Å². The van der Waals surface area contributed by atoms with E-state index in [0.29, 0.717) is 31.6 Å². The van der Waals surface area contributed by atoms with Crippen LogP contribution in [-0.2, 0) is 11.2 Å². The maximum atomic E-state index is 12.8. The third-order valence-electron chi connectivity index (χ3n) is 5.55. The number of rotatable bonds is 2. The van der Waals surface area contributed by atoms with Gasteiger partial charge in [0.25, 0.3) is 5.91 Å². The highest BCUT2D eigenvalue weighted by Gasteiger charge is 2.45. The summed E-state index contributed by atoms with van der Waals surface area (Å²) in [6.07, 6.45) is 1.96. The number of hydrogen-bond acceptors (Lipinski definition) is 4. The van der Waals surface area contributed by atoms with E-state index in [-0.39, 0.29) is 11.8 Å². The smallest absolute Gasteiger partial charge is 0.274 e. The van der Waals surface area contributed by atoms with Gasteiger partial charge in [-0.25, -0.2) is 0 Å². The zero-order chi connectivity index (χ0) is 18.3. The van der Waals surface area contributed by atoms with Crippen LogP contribution < -0.4 is 10.6 Å². The Morgan fingerprint density at radius 1 is 1.23 bits per heavy atom. The van der Waals surface area contributed by atoms with Gasteiger partial charge in [-0.1, -0.05) is 19.1 Å². The molecule has 0 atom stereocenters. The first-order valence-corrected chi connectivity index (χ1v) is 9.06. The number of carbonyl (C=O) groups is 2. The van der Waals surface area contributed by atoms with Crippen LogP contribution in [0.15, 0.2) is 24.3 Å². The molecular weight excluding hydrogens is 330 g/mol. The number of anilines is 2. The molecular formula is C19H23N5O2. The molecule has 2 aliphatic heterocycles. The molecule has 3 heterocycles. The number of H-pyrrole nitrogens is 1. The first-order chi connectivity index (χ1) is 12.5. The Bertz CT molecular complexity index is 865. The summed E-state index contributed by atoms with van der Waals surface area (Å²) in [5, 5.41) is 13.6. The van der Waals surface area contributed by atoms with E-state index in [1.54, 1.807) is 4.90 Å². The summed E-state index contributed by atoms with van der Waals surface area (Å²) in [5.74, 6) is -0.0857. The van der Waals surface area contributed by atoms with Crippen molar-refractivity contribution >= 4 is 23.2 Å². The Balaban J connectivity index is 1.50. The summed E-state index contributed by atoms with van der Waals surface area (Å²) >= 11 is 0. The van der Waals surface area contributed by atoms with Crippen molar-refractivity contribution in [3.05, 3.63) is 41.2 Å². The zero-order valence-electron chi connectivity index (χ0n) is 15.1. The molecule has 1 aromatic carbocycles. The van der Waals surface area contributed by atoms with Gasteiger partial charge >= 0.3 is 0 Å². The first kappa shape index (κ1) is 16.6. The lowest BCUT2D eigenvalue weighted by atomic mass is 9.84. The zero-order valence-corrected chi connectivity index (χ0v) is 15.1. The van der Waals surface area contributed by atoms with Gasteiger partial charge in [0.05, 0.1) is 11.4 Å². The van der Waals surface area contributed by atoms with Crippen LogP contribution in [0.5, 0.6) is 0 Å². The Morgan fingerprint density at radius 2 is 1.92 bits per heavy atom. The lowest BCUT2D eigenvalue weighted by Gasteiger charge is -2.44. The summed E-state index contributed by atoms with van der Waals surface area (Å²) in [5.41, 5.74) is 3.49. The number of benzene rings is 1. The third kappa shape index (κ3) is 2.55. The van der Waals surface area contributed by atoms with E-state index in [1.807, 2.05) is 38.1 Å². The Labute approximate surface area is 152 Å². The number of amides is 2. The van der Waals surface area contributed by atoms with Gasteiger partial charge in [-0.05, 0) is 38.3 Å². The van der Waals surface area contributed by atoms with Gasteiger partial charge in [0.2, 0.25) is 5.91 Å². The van der Waals surface area contributed by atoms with Crippen LogP contribution in [0.2, 0.25) is 0 Å². The molecule has 7 heteroatoms. The third-order valence-corrected chi connectivity index (χ3v) is 5.55. The maximum Gasteiger partial charge on any atom is 0.274 e. The molecule has 0 radical (unpaired) electrons. The predicted octanol–water partition coefficient (Wildman–Crippen LogP) is 2.32. The van der Waals surface area contributed by atoms with Crippen LogP contribution in [0.4, 0.5) is 11.4 Å². The molecule has 2 aromatic rings. The van der Waals surface area contributed by atoms with Crippen molar-refractivity contribution in [2.45, 2.75) is 38.6 Å². The van der Waals surface area contributed by atoms with Crippen molar-refractivity contribution in [3.8, 4) is 0 Å². The van der Waals surface area contributed by atoms with Gasteiger partial charge in [0.1, 0.15) is 5.54 Å². The summed E-state index contributed by atoms with van der Waals surface area (Å²) in [4.78, 5) is 27.3. The first-order valence-electron chi connectivity index (χ1n) is 9.06. The van der Waals surface area contributed by atoms with Crippen molar-refractivity contribution in [3.63, 3.8) is 0 Å². The van der Waals surface area contributed by atoms with Crippen LogP contribution in [-0.4, -0.2) is 45.5 Å². The largest absolute Gasteiger partial charge is 0.369 e. The molecule has 2 aliphatic rings. The van der Waals surface area contributed by atoms with E-state index in [9.17, 15) is 9.59 Å². The Morgan fingerprint density at radius 3 is 2.58 bits per heavy atom. The normalized spacial score (nSPS) is 18.2. The number of hydrogen-bond donors (Lipinski definition) is 3. The molecule has 26 heavy (non-hydrogen) atoms. The fraction of sp³-hybridized carbons (Fsp3) is 0.421. The molecule has 2 amide bonds. The molecule has 0 unspecified atom stereocenters. The van der Waals surface area contributed by atoms with Gasteiger partial charge < -0.3 is 15.5 Å². The number of para-hydroxylation sites is 2. The summed E-state index contributed by atoms with van der Waals surface area (Å²) < 4.78 is 0. The molecule has 3 N–H and O–H groups in total. The van der Waals surface area contributed by atoms with Crippen LogP contribution in [0, 0.1) is 6.92 Å². The number of carbonyl (C=O) groups excluding carboxylic acids is 2. The van der Waals surface area contributed by atoms with Crippen LogP contribution >= 0.6 is 0 Å². The van der Waals surface area contributed by atoms with E-state index in [0.717, 1.165) is 29.1 Å². The minimum Gasteiger partial charge on any atom is -0.369 e. The van der Waals surface area contributed by atoms with Crippen LogP contribution in [0.1, 0.15) is 41.5 Å². The van der Waals surface area contributed by atoms with Crippen molar-refractivity contribution in [2.75, 3.05) is 23.7 Å². The number of aryl methyl sites for hydroxylation is 1. The van der Waals surface area contributed by atoms with Crippen molar-refractivity contribution in [1.29, 1.82) is 0 Å². The van der Waals surface area contributed by atoms with E-state index >= 15 is 0 Å². The highest BCUT2D eigenvalue weighted by Crippen LogP contribution is 2.36. The summed E-state index contributed by atoms with van der Waals surface area (Å²) in [6.45, 7) is 5.00. The molecule has 1 saturated heterocycles. The summed E-state index contributed by atoms with van der Waals surface area (Å²) in [7, 11) is 0. The van der Waals surface area contributed by atoms with Gasteiger partial charge in [-0.15, -0.1) is 0 Å². The number of likely N-dealkylation sites (tertiary alicyclic amines) is 1. The molecule has 1 fully saturated rings. The highest BCUT2D eigenvalue weighted by atomic mass is 16.2. The van der Waals surface area contributed by atoms with Crippen LogP contribution in [0.3, 0.4) is 0 Å². The molecule has 0 saturated carbocycles. The number of fused-ring (bicyclic) bond motifs is 1. The second-order valence-corrected chi connectivity index (χ2v) is 7.03. The number of nitrogens with zero attached hydrogens (tertiary/aromatic N) is 2. The molecule has 4 rings (SSSR count). The highest BCUT2D eigenvalue weighted by molar-refractivity contribution is 6.06. The second-order valence-electron chi connectivity index (χ2n) is 7.03. The van der Waals surface area contributed by atoms with E-state index in [2.05, 4.69) is 20.8 Å². The fourth-order valence-corrected chi connectivity index (χ4v) is 3.84. The van der Waals surface area contributed by atoms with Crippen molar-refractivity contribution in [1.82, 2.24) is 15.1 Å². The van der Waals surface area contributed by atoms with Gasteiger partial charge in [-0.3, -0.25) is 14.7 Å². The average molecular weight is 353 g/mol. The SMILES string of the molecule is CCc1[nH]nc(C(=O)N2CCC3(CC2)Nc2ccccc2NC3=O)c1C. The second kappa shape index (κ2) is 6.16. The standard InChI is InChI=1S/C19H23N5O2/c1-3-13-12(2)16(23-22-13)17(25)24-10-8-19(9-11-24)18(26)20-14-6-4-5-7-15(14)21-19/h4-7,21H,3,8-11H2,1-2H3,(H,20,26)(H,22,23). The van der Waals surface area contributed by atoms with Crippen molar-refractivity contribution < 1.29 is 9.59 Å². The fourth-order valence-electron chi connectivity index (χ4n) is 3.84. The molecule has 136 valence electrons. The van der Waals surface area contributed by atoms with Gasteiger partial charge in [-0.2, -0.15) is 5.10 Å².